The molecule has 0 saturated heterocycles. The molecule has 0 aliphatic carbocycles. The van der Waals surface area contributed by atoms with Gasteiger partial charge in [0.05, 0.1) is 0 Å². The van der Waals surface area contributed by atoms with E-state index in [0.29, 0.717) is 0 Å². The molecule has 0 heterocycles. The normalized spacial score (nSPS) is 11.1. The third kappa shape index (κ3) is 4.23. The molecule has 35 heavy (non-hydrogen) atoms. The predicted molar refractivity (Wildman–Crippen MR) is 84.3 cm³/mol. The topological polar surface area (TPSA) is 0 Å². The summed E-state index contributed by atoms with van der Waals surface area (Å²) in [5.41, 5.74) is -7.97. The third-order valence-electron chi connectivity index (χ3n) is 4.38. The summed E-state index contributed by atoms with van der Waals surface area (Å²) in [4.78, 5) is 0. The number of rotatable bonds is 3. The molecule has 0 spiro atoms. The van der Waals surface area contributed by atoms with Crippen LogP contribution in [0.2, 0.25) is 5.02 Å². The van der Waals surface area contributed by atoms with Crippen molar-refractivity contribution in [1.29, 1.82) is 0 Å². The minimum atomic E-state index is -3.02. The quantitative estimate of drug-likeness (QED) is 0.114. The van der Waals surface area contributed by atoms with Crippen molar-refractivity contribution in [2.24, 2.45) is 0 Å². The minimum Gasteiger partial charge on any atom is -0.236 e. The summed E-state index contributed by atoms with van der Waals surface area (Å²) >= 11 is 4.95. The molecule has 0 radical (unpaired) electrons. The zero-order chi connectivity index (χ0) is 26.0. The summed E-state index contributed by atoms with van der Waals surface area (Å²) in [6.45, 7) is 0. The van der Waals surface area contributed by atoms with Gasteiger partial charge in [-0.05, 0) is 16.7 Å². The molecule has 0 aromatic heterocycles. The molecule has 0 atom stereocenters. The first-order valence-electron chi connectivity index (χ1n) is 8.08. The zero-order valence-electron chi connectivity index (χ0n) is 16.2. The van der Waals surface area contributed by atoms with E-state index in [1.807, 2.05) is 0 Å². The maximum atomic E-state index is 14.5. The molecule has 0 nitrogen and oxygen atoms in total. The first kappa shape index (κ1) is 29.1. The summed E-state index contributed by atoms with van der Waals surface area (Å²) < 4.78 is 196. The fourth-order valence-corrected chi connectivity index (χ4v) is 3.01. The van der Waals surface area contributed by atoms with Gasteiger partial charge in [0.25, 0.3) is 0 Å². The number of halogens is 15. The molecular formula is C19ClF14Na. The fraction of sp³-hybridized carbons (Fsp3) is 0. The maximum Gasteiger partial charge on any atom is 1.00 e. The van der Waals surface area contributed by atoms with Gasteiger partial charge in [-0.1, -0.05) is 17.5 Å². The fourth-order valence-electron chi connectivity index (χ4n) is 2.85. The Labute approximate surface area is 211 Å². The van der Waals surface area contributed by atoms with Crippen LogP contribution >= 0.6 is 11.6 Å². The largest absolute Gasteiger partial charge is 1.00 e. The van der Waals surface area contributed by atoms with E-state index in [-0.39, 0.29) is 29.6 Å². The van der Waals surface area contributed by atoms with E-state index >= 15 is 0 Å². The van der Waals surface area contributed by atoms with E-state index in [0.717, 1.165) is 0 Å². The van der Waals surface area contributed by atoms with Crippen LogP contribution in [-0.4, -0.2) is 0 Å². The van der Waals surface area contributed by atoms with E-state index in [1.165, 1.54) is 0 Å². The Balaban J connectivity index is 0.00000432. The van der Waals surface area contributed by atoms with Gasteiger partial charge in [-0.15, -0.1) is 0 Å². The van der Waals surface area contributed by atoms with Crippen molar-refractivity contribution in [2.45, 2.75) is 0 Å². The molecule has 3 aromatic rings. The van der Waals surface area contributed by atoms with Crippen molar-refractivity contribution >= 4 is 11.6 Å². The molecule has 0 unspecified atom stereocenters. The predicted octanol–water partition coefficient (Wildman–Crippen LogP) is 4.31. The summed E-state index contributed by atoms with van der Waals surface area (Å²) in [5.74, 6) is -43.4. The van der Waals surface area contributed by atoms with Crippen LogP contribution in [0.4, 0.5) is 61.5 Å². The molecule has 0 N–H and O–H groups in total. The van der Waals surface area contributed by atoms with Gasteiger partial charge >= 0.3 is 29.6 Å². The Hall–Kier alpha value is -2.16. The minimum absolute atomic E-state index is 0. The van der Waals surface area contributed by atoms with Crippen LogP contribution in [0, 0.1) is 87.4 Å². The summed E-state index contributed by atoms with van der Waals surface area (Å²) in [6.07, 6.45) is 0. The first-order chi connectivity index (χ1) is 15.7. The van der Waals surface area contributed by atoms with Gasteiger partial charge < -0.3 is 0 Å². The standard InChI is InChI=1S/C19ClF14.Na/c20-5-12(27)6(21)2(7(22)13(5)28)1(3-8(23)14(29)18(33)15(30)9(3)24)4-10(25)16(31)19(34)17(32)11(4)26;/q-1;+1. The Morgan fingerprint density at radius 2 is 0.486 bits per heavy atom. The Morgan fingerprint density at radius 1 is 0.314 bits per heavy atom. The van der Waals surface area contributed by atoms with Crippen molar-refractivity contribution in [1.82, 2.24) is 0 Å². The molecule has 3 rings (SSSR count). The molecular weight excluding hydrogens is 553 g/mol. The van der Waals surface area contributed by atoms with Crippen LogP contribution in [-0.2, 0) is 0 Å². The van der Waals surface area contributed by atoms with Crippen LogP contribution in [0.5, 0.6) is 0 Å². The van der Waals surface area contributed by atoms with E-state index in [1.54, 1.807) is 0 Å². The summed E-state index contributed by atoms with van der Waals surface area (Å²) in [6, 6.07) is 0. The molecule has 16 heteroatoms. The van der Waals surface area contributed by atoms with Crippen molar-refractivity contribution in [3.63, 3.8) is 0 Å². The van der Waals surface area contributed by atoms with E-state index < -0.39 is 109 Å². The molecule has 0 saturated carbocycles. The SMILES string of the molecule is Fc1c(F)c(F)c([C-](c2c(F)c(F)c(F)c(F)c2F)c2c(F)c(F)c(Cl)c(F)c2F)c(F)c1F.[Na+]. The molecule has 3 aromatic carbocycles. The number of hydrogen-bond acceptors (Lipinski definition) is 0. The smallest absolute Gasteiger partial charge is 0.236 e. The molecule has 0 amide bonds. The second-order valence-corrected chi connectivity index (χ2v) is 6.59. The zero-order valence-corrected chi connectivity index (χ0v) is 18.9. The summed E-state index contributed by atoms with van der Waals surface area (Å²) in [5, 5.41) is -1.98. The van der Waals surface area contributed by atoms with Crippen molar-refractivity contribution in [3.8, 4) is 0 Å². The Kier molecular flexibility index (Phi) is 8.36. The maximum absolute atomic E-state index is 14.5. The second kappa shape index (κ2) is 10.1. The number of benzene rings is 3. The second-order valence-electron chi connectivity index (χ2n) is 6.21. The first-order valence-corrected chi connectivity index (χ1v) is 8.46. The van der Waals surface area contributed by atoms with Gasteiger partial charge in [0, 0.05) is 0 Å². The van der Waals surface area contributed by atoms with E-state index in [9.17, 15) is 61.5 Å². The van der Waals surface area contributed by atoms with Crippen LogP contribution in [0.15, 0.2) is 0 Å². The summed E-state index contributed by atoms with van der Waals surface area (Å²) in [7, 11) is 0. The number of hydrogen-bond donors (Lipinski definition) is 0. The molecule has 182 valence electrons. The average Bonchev–Trinajstić information content (AvgIpc) is 2.81. The Morgan fingerprint density at radius 3 is 0.714 bits per heavy atom. The van der Waals surface area contributed by atoms with Crippen LogP contribution in [0.1, 0.15) is 16.7 Å². The average molecular weight is 553 g/mol. The van der Waals surface area contributed by atoms with Crippen molar-refractivity contribution < 1.29 is 91.0 Å². The van der Waals surface area contributed by atoms with Crippen molar-refractivity contribution in [2.75, 3.05) is 0 Å². The van der Waals surface area contributed by atoms with E-state index in [2.05, 4.69) is 0 Å². The monoisotopic (exact) mass is 552 g/mol. The molecule has 0 aliphatic heterocycles. The third-order valence-corrected chi connectivity index (χ3v) is 4.71. The van der Waals surface area contributed by atoms with Gasteiger partial charge in [0.1, 0.15) is 39.9 Å². The Bertz CT molecular complexity index is 1120. The molecule has 0 fully saturated rings. The molecule has 0 aliphatic rings. The van der Waals surface area contributed by atoms with Gasteiger partial charge in [0.15, 0.2) is 46.5 Å². The van der Waals surface area contributed by atoms with Gasteiger partial charge in [-0.3, -0.25) is 0 Å². The van der Waals surface area contributed by atoms with E-state index in [4.69, 9.17) is 11.6 Å². The molecule has 0 bridgehead atoms. The van der Waals surface area contributed by atoms with Gasteiger partial charge in [0.2, 0.25) is 0 Å². The van der Waals surface area contributed by atoms with Crippen LogP contribution in [0.3, 0.4) is 0 Å². The van der Waals surface area contributed by atoms with Gasteiger partial charge in [-0.2, -0.15) is 0 Å². The van der Waals surface area contributed by atoms with Gasteiger partial charge in [-0.25, -0.2) is 61.5 Å². The van der Waals surface area contributed by atoms with Crippen LogP contribution in [0.25, 0.3) is 0 Å². The van der Waals surface area contributed by atoms with Crippen molar-refractivity contribution in [3.05, 3.63) is 109 Å². The van der Waals surface area contributed by atoms with Crippen LogP contribution < -0.4 is 29.6 Å².